The molecule has 0 fully saturated rings. The molecule has 0 spiro atoms. The fourth-order valence-corrected chi connectivity index (χ4v) is 1.13. The van der Waals surface area contributed by atoms with Gasteiger partial charge in [0.05, 0.1) is 5.75 Å². The number of benzene rings is 1. The van der Waals surface area contributed by atoms with Crippen molar-refractivity contribution in [1.82, 2.24) is 0 Å². The molecule has 0 nitrogen and oxygen atoms in total. The van der Waals surface area contributed by atoms with E-state index in [2.05, 4.69) is 24.5 Å². The van der Waals surface area contributed by atoms with E-state index in [9.17, 15) is 17.6 Å². The van der Waals surface area contributed by atoms with Crippen LogP contribution in [0.15, 0.2) is 18.2 Å². The van der Waals surface area contributed by atoms with Gasteiger partial charge < -0.3 is 0 Å². The predicted octanol–water partition coefficient (Wildman–Crippen LogP) is 3.13. The minimum absolute atomic E-state index is 0.119. The van der Waals surface area contributed by atoms with Crippen molar-refractivity contribution in [2.75, 3.05) is 5.75 Å². The van der Waals surface area contributed by atoms with Crippen LogP contribution in [0.5, 0.6) is 0 Å². The summed E-state index contributed by atoms with van der Waals surface area (Å²) >= 11 is 3.73. The summed E-state index contributed by atoms with van der Waals surface area (Å²) in [6.07, 6.45) is -4.73. The van der Waals surface area contributed by atoms with Crippen molar-refractivity contribution < 1.29 is 17.6 Å². The maximum Gasteiger partial charge on any atom is 0.420 e. The van der Waals surface area contributed by atoms with Crippen molar-refractivity contribution in [2.24, 2.45) is 0 Å². The first-order chi connectivity index (χ1) is 6.96. The fourth-order valence-electron chi connectivity index (χ4n) is 1.05. The van der Waals surface area contributed by atoms with Crippen molar-refractivity contribution in [2.45, 2.75) is 6.18 Å². The van der Waals surface area contributed by atoms with Crippen molar-refractivity contribution >= 4 is 12.6 Å². The molecule has 0 amide bonds. The van der Waals surface area contributed by atoms with Crippen LogP contribution in [-0.4, -0.2) is 5.75 Å². The Morgan fingerprint density at radius 2 is 1.93 bits per heavy atom. The minimum Gasteiger partial charge on any atom is -0.206 e. The lowest BCUT2D eigenvalue weighted by Crippen LogP contribution is -2.10. The Kier molecular flexibility index (Phi) is 3.64. The summed E-state index contributed by atoms with van der Waals surface area (Å²) < 4.78 is 50.2. The highest BCUT2D eigenvalue weighted by molar-refractivity contribution is 7.80. The molecule has 0 saturated carbocycles. The third-order valence-corrected chi connectivity index (χ3v) is 1.76. The van der Waals surface area contributed by atoms with E-state index in [1.54, 1.807) is 0 Å². The van der Waals surface area contributed by atoms with Gasteiger partial charge in [-0.3, -0.25) is 0 Å². The average molecular weight is 234 g/mol. The maximum absolute atomic E-state index is 13.0. The number of thiol groups is 1. The normalized spacial score (nSPS) is 10.7. The lowest BCUT2D eigenvalue weighted by Gasteiger charge is -2.09. The zero-order valence-electron chi connectivity index (χ0n) is 7.40. The first-order valence-corrected chi connectivity index (χ1v) is 4.55. The van der Waals surface area contributed by atoms with Gasteiger partial charge >= 0.3 is 6.18 Å². The molecule has 1 rings (SSSR count). The zero-order chi connectivity index (χ0) is 11.5. The van der Waals surface area contributed by atoms with Crippen LogP contribution >= 0.6 is 12.6 Å². The Morgan fingerprint density at radius 3 is 2.47 bits per heavy atom. The van der Waals surface area contributed by atoms with Crippen molar-refractivity contribution in [3.63, 3.8) is 0 Å². The second-order valence-corrected chi connectivity index (χ2v) is 2.94. The van der Waals surface area contributed by atoms with E-state index in [-0.39, 0.29) is 11.3 Å². The second-order valence-electron chi connectivity index (χ2n) is 2.62. The van der Waals surface area contributed by atoms with Gasteiger partial charge in [0.25, 0.3) is 0 Å². The molecule has 0 aliphatic rings. The van der Waals surface area contributed by atoms with Gasteiger partial charge in [-0.15, -0.1) is 0 Å². The number of alkyl halides is 3. The van der Waals surface area contributed by atoms with E-state index in [1.807, 2.05) is 0 Å². The number of hydrogen-bond acceptors (Lipinski definition) is 1. The lowest BCUT2D eigenvalue weighted by atomic mass is 10.1. The summed E-state index contributed by atoms with van der Waals surface area (Å²) in [5.74, 6) is 3.38. The van der Waals surface area contributed by atoms with Gasteiger partial charge in [0, 0.05) is 5.56 Å². The zero-order valence-corrected chi connectivity index (χ0v) is 8.29. The molecule has 0 radical (unpaired) electrons. The third-order valence-electron chi connectivity index (χ3n) is 1.60. The van der Waals surface area contributed by atoms with Crippen LogP contribution in [0.4, 0.5) is 17.6 Å². The van der Waals surface area contributed by atoms with E-state index >= 15 is 0 Å². The maximum atomic E-state index is 13.0. The Balaban J connectivity index is 3.33. The highest BCUT2D eigenvalue weighted by Crippen LogP contribution is 2.33. The van der Waals surface area contributed by atoms with Crippen LogP contribution in [0, 0.1) is 17.7 Å². The van der Waals surface area contributed by atoms with Crippen molar-refractivity contribution in [3.05, 3.63) is 35.1 Å². The van der Waals surface area contributed by atoms with Crippen molar-refractivity contribution in [1.29, 1.82) is 0 Å². The molecule has 0 saturated heterocycles. The first kappa shape index (κ1) is 11.9. The Bertz CT molecular complexity index is 412. The summed E-state index contributed by atoms with van der Waals surface area (Å²) in [4.78, 5) is 0. The third kappa shape index (κ3) is 2.90. The van der Waals surface area contributed by atoms with Crippen LogP contribution in [0.2, 0.25) is 0 Å². The van der Waals surface area contributed by atoms with Gasteiger partial charge in [-0.1, -0.05) is 17.9 Å². The molecule has 0 aliphatic carbocycles. The van der Waals surface area contributed by atoms with Crippen LogP contribution < -0.4 is 0 Å². The van der Waals surface area contributed by atoms with E-state index < -0.39 is 17.6 Å². The van der Waals surface area contributed by atoms with Gasteiger partial charge in [-0.05, 0) is 12.1 Å². The lowest BCUT2D eigenvalue weighted by molar-refractivity contribution is -0.140. The number of hydrogen-bond donors (Lipinski definition) is 1. The highest BCUT2D eigenvalue weighted by atomic mass is 32.1. The highest BCUT2D eigenvalue weighted by Gasteiger charge is 2.36. The molecule has 0 aromatic heterocycles. The number of rotatable bonds is 0. The van der Waals surface area contributed by atoms with Gasteiger partial charge in [-0.2, -0.15) is 25.8 Å². The van der Waals surface area contributed by atoms with Crippen LogP contribution in [0.1, 0.15) is 11.1 Å². The smallest absolute Gasteiger partial charge is 0.206 e. The van der Waals surface area contributed by atoms with Gasteiger partial charge in [-0.25, -0.2) is 4.39 Å². The topological polar surface area (TPSA) is 0 Å². The van der Waals surface area contributed by atoms with Gasteiger partial charge in [0.1, 0.15) is 11.4 Å². The monoisotopic (exact) mass is 234 g/mol. The molecular weight excluding hydrogens is 228 g/mol. The molecule has 0 aliphatic heterocycles. The van der Waals surface area contributed by atoms with E-state index in [0.29, 0.717) is 0 Å². The standard InChI is InChI=1S/C10H6F4S/c11-8-5-1-3-7(4-2-6-15)9(8)10(12,13)14/h1,3,5,15H,6H2. The molecule has 0 atom stereocenters. The SMILES string of the molecule is Fc1cccc(C#CCS)c1C(F)(F)F. The molecule has 80 valence electrons. The van der Waals surface area contributed by atoms with E-state index in [0.717, 1.165) is 12.1 Å². The van der Waals surface area contributed by atoms with Crippen LogP contribution in [0.3, 0.4) is 0 Å². The molecule has 0 bridgehead atoms. The largest absolute Gasteiger partial charge is 0.420 e. The molecule has 1 aromatic carbocycles. The van der Waals surface area contributed by atoms with Crippen LogP contribution in [-0.2, 0) is 6.18 Å². The molecule has 5 heteroatoms. The molecule has 0 heterocycles. The quantitative estimate of drug-likeness (QED) is 0.398. The van der Waals surface area contributed by atoms with E-state index in [1.165, 1.54) is 6.07 Å². The Hall–Kier alpha value is -1.15. The van der Waals surface area contributed by atoms with Crippen LogP contribution in [0.25, 0.3) is 0 Å². The van der Waals surface area contributed by atoms with Gasteiger partial charge in [0.2, 0.25) is 0 Å². The molecular formula is C10H6F4S. The summed E-state index contributed by atoms with van der Waals surface area (Å²) in [5, 5.41) is 0. The first-order valence-electron chi connectivity index (χ1n) is 3.92. The summed E-state index contributed by atoms with van der Waals surface area (Å²) in [5.41, 5.74) is -1.68. The molecule has 1 aromatic rings. The van der Waals surface area contributed by atoms with Gasteiger partial charge in [0.15, 0.2) is 0 Å². The molecule has 15 heavy (non-hydrogen) atoms. The Labute approximate surface area is 89.7 Å². The summed E-state index contributed by atoms with van der Waals surface area (Å²) in [6.45, 7) is 0. The number of halogens is 4. The molecule has 0 unspecified atom stereocenters. The average Bonchev–Trinajstić information content (AvgIpc) is 2.12. The summed E-state index contributed by atoms with van der Waals surface area (Å²) in [6, 6.07) is 3.07. The summed E-state index contributed by atoms with van der Waals surface area (Å²) in [7, 11) is 0. The second kappa shape index (κ2) is 4.58. The Morgan fingerprint density at radius 1 is 1.27 bits per heavy atom. The predicted molar refractivity (Wildman–Crippen MR) is 52.1 cm³/mol. The fraction of sp³-hybridized carbons (Fsp3) is 0.200. The van der Waals surface area contributed by atoms with Crippen molar-refractivity contribution in [3.8, 4) is 11.8 Å². The minimum atomic E-state index is -4.73. The molecule has 0 N–H and O–H groups in total. The van der Waals surface area contributed by atoms with E-state index in [4.69, 9.17) is 0 Å².